The zero-order chi connectivity index (χ0) is 73.6. The number of ether oxygens (including phenoxy) is 4. The summed E-state index contributed by atoms with van der Waals surface area (Å²) in [6, 6.07) is 30.5. The van der Waals surface area contributed by atoms with Gasteiger partial charge in [-0.3, -0.25) is 24.0 Å². The van der Waals surface area contributed by atoms with Crippen LogP contribution >= 0.6 is 0 Å². The van der Waals surface area contributed by atoms with E-state index < -0.39 is 0 Å². The second-order valence-electron chi connectivity index (χ2n) is 29.8. The summed E-state index contributed by atoms with van der Waals surface area (Å²) >= 11 is 0. The molecule has 3 aliphatic carbocycles. The summed E-state index contributed by atoms with van der Waals surface area (Å²) in [4.78, 5) is 74.8. The van der Waals surface area contributed by atoms with E-state index in [-0.39, 0.29) is 96.3 Å². The van der Waals surface area contributed by atoms with Crippen molar-refractivity contribution in [3.63, 3.8) is 0 Å². The van der Waals surface area contributed by atoms with Crippen LogP contribution in [0.4, 0.5) is 22.7 Å². The lowest BCUT2D eigenvalue weighted by molar-refractivity contribution is -0.964. The van der Waals surface area contributed by atoms with Crippen LogP contribution in [0.3, 0.4) is 0 Å². The van der Waals surface area contributed by atoms with Gasteiger partial charge in [-0.15, -0.1) is 5.11 Å². The molecule has 5 amide bonds. The van der Waals surface area contributed by atoms with E-state index in [9.17, 15) is 29.1 Å². The Labute approximate surface area is 619 Å². The number of phenols is 1. The molecule has 105 heavy (non-hydrogen) atoms. The molecule has 0 aromatic heterocycles. The highest BCUT2D eigenvalue weighted by Gasteiger charge is 2.50. The van der Waals surface area contributed by atoms with E-state index in [2.05, 4.69) is 121 Å². The summed E-state index contributed by atoms with van der Waals surface area (Å²) in [6.07, 6.45) is 19.3. The number of piperidine rings is 1. The fraction of sp³-hybridized carbons (Fsp3) is 0.453. The minimum absolute atomic E-state index is 0.0485. The summed E-state index contributed by atoms with van der Waals surface area (Å²) in [5, 5.41) is 28.1. The van der Waals surface area contributed by atoms with Gasteiger partial charge in [-0.25, -0.2) is 0 Å². The smallest absolute Gasteiger partial charge is 0.254 e. The van der Waals surface area contributed by atoms with Gasteiger partial charge >= 0.3 is 0 Å². The molecule has 4 atom stereocenters. The van der Waals surface area contributed by atoms with Gasteiger partial charge < -0.3 is 59.6 Å². The zero-order valence-electron chi connectivity index (χ0n) is 62.3. The van der Waals surface area contributed by atoms with Gasteiger partial charge in [-0.1, -0.05) is 87.2 Å². The molecule has 5 aromatic carbocycles. The van der Waals surface area contributed by atoms with Crippen LogP contribution in [0, 0.1) is 23.7 Å². The first-order valence-electron chi connectivity index (χ1n) is 38.0. The lowest BCUT2D eigenvalue weighted by atomic mass is 9.59. The maximum atomic E-state index is 14.9. The molecule has 7 aliphatic rings. The van der Waals surface area contributed by atoms with Crippen molar-refractivity contribution >= 4 is 57.9 Å². The highest BCUT2D eigenvalue weighted by molar-refractivity contribution is 6.04. The maximum absolute atomic E-state index is 14.9. The third-order valence-electron chi connectivity index (χ3n) is 21.8. The first-order chi connectivity index (χ1) is 50.9. The first-order valence-corrected chi connectivity index (χ1v) is 38.0. The highest BCUT2D eigenvalue weighted by Crippen LogP contribution is 2.56. The number of rotatable bonds is 31. The van der Waals surface area contributed by atoms with Gasteiger partial charge in [0.15, 0.2) is 0 Å². The Bertz CT molecular complexity index is 4300. The van der Waals surface area contributed by atoms with E-state index in [0.29, 0.717) is 108 Å². The van der Waals surface area contributed by atoms with Crippen LogP contribution in [0.2, 0.25) is 0 Å². The fourth-order valence-electron chi connectivity index (χ4n) is 16.7. The number of benzene rings is 5. The number of allylic oxidation sites excluding steroid dienone is 6. The number of hydrogen-bond acceptors (Lipinski definition) is 13. The van der Waals surface area contributed by atoms with Gasteiger partial charge in [0, 0.05) is 118 Å². The number of nitrogens with one attached hydrogen (secondary N) is 4. The number of likely N-dealkylation sites (N-methyl/N-ethyl adjacent to an activating group) is 1. The predicted octanol–water partition coefficient (Wildman–Crippen LogP) is 11.4. The average molecular weight is 1420 g/mol. The normalized spacial score (nSPS) is 19.3. The summed E-state index contributed by atoms with van der Waals surface area (Å²) < 4.78 is 22.4. The maximum Gasteiger partial charge on any atom is 0.254 e. The summed E-state index contributed by atoms with van der Waals surface area (Å²) in [7, 11) is 1.85. The number of aryl methyl sites for hydroxylation is 1. The van der Waals surface area contributed by atoms with Gasteiger partial charge in [-0.05, 0) is 200 Å². The quantitative estimate of drug-likeness (QED) is 0.0160. The van der Waals surface area contributed by atoms with Gasteiger partial charge in [0.05, 0.1) is 76.3 Å². The number of amides is 5. The highest BCUT2D eigenvalue weighted by atomic mass is 16.6. The summed E-state index contributed by atoms with van der Waals surface area (Å²) in [6.45, 7) is 22.3. The van der Waals surface area contributed by atoms with E-state index >= 15 is 0 Å². The molecule has 0 spiro atoms. The monoisotopic (exact) mass is 1420 g/mol. The van der Waals surface area contributed by atoms with Crippen LogP contribution in [-0.2, 0) is 58.0 Å². The number of para-hydroxylation sites is 1. The van der Waals surface area contributed by atoms with Crippen LogP contribution < -0.4 is 30.7 Å². The van der Waals surface area contributed by atoms with Crippen LogP contribution in [0.25, 0.3) is 5.57 Å². The van der Waals surface area contributed by atoms with E-state index in [1.54, 1.807) is 51.1 Å². The molecule has 19 nitrogen and oxygen atoms in total. The Balaban J connectivity index is 0.518. The SMILES string of the molecule is CC[NH+]1C2C=C3C(=C(c4ccccc4C(=O)N(C)CCCC(=O)NCCc4ccc(N=Nc5ccc(C(=O)NCCOCCOCCOCCOCCC(=O)NCCC(=O)N6CC7CC=CC=C7C#Cc7ccccc76)cc5)c(O)c4)c4cc5c6c(c4C3(C)C)CCCN6CCC5)C=C2C(C)CC1(C)C. The number of quaternary nitrogens is 1. The summed E-state index contributed by atoms with van der Waals surface area (Å²) in [5.74, 6) is 6.37. The van der Waals surface area contributed by atoms with Crippen molar-refractivity contribution in [1.82, 2.24) is 20.9 Å². The molecule has 4 heterocycles. The van der Waals surface area contributed by atoms with Crippen molar-refractivity contribution in [3.8, 4) is 17.6 Å². The number of phenolic OH excluding ortho intramolecular Hbond substituents is 1. The predicted molar refractivity (Wildman–Crippen MR) is 411 cm³/mol. The van der Waals surface area contributed by atoms with Crippen LogP contribution in [0.15, 0.2) is 160 Å². The Kier molecular flexibility index (Phi) is 25.0. The molecule has 4 aliphatic heterocycles. The lowest BCUT2D eigenvalue weighted by Crippen LogP contribution is -3.23. The van der Waals surface area contributed by atoms with Crippen molar-refractivity contribution in [1.29, 1.82) is 0 Å². The molecule has 5 N–H and O–H groups in total. The van der Waals surface area contributed by atoms with Crippen molar-refractivity contribution < 1.29 is 52.9 Å². The molecule has 0 saturated carbocycles. The van der Waals surface area contributed by atoms with Gasteiger partial charge in [0.25, 0.3) is 11.8 Å². The molecule has 12 rings (SSSR count). The van der Waals surface area contributed by atoms with Gasteiger partial charge in [0.2, 0.25) is 17.7 Å². The average Bonchev–Trinajstić information content (AvgIpc) is 0.693. The molecule has 1 fully saturated rings. The van der Waals surface area contributed by atoms with Gasteiger partial charge in [-0.2, -0.15) is 5.11 Å². The van der Waals surface area contributed by atoms with E-state index in [1.165, 1.54) is 50.2 Å². The number of likely N-dealkylation sites (tertiary alicyclic amines) is 1. The molecular weight excluding hydrogens is 1320 g/mol. The van der Waals surface area contributed by atoms with Crippen molar-refractivity contribution in [3.05, 3.63) is 200 Å². The first kappa shape index (κ1) is 75.4. The third-order valence-corrected chi connectivity index (χ3v) is 21.8. The second kappa shape index (κ2) is 34.7. The van der Waals surface area contributed by atoms with Crippen LogP contribution in [0.1, 0.15) is 153 Å². The largest absolute Gasteiger partial charge is 0.506 e. The zero-order valence-corrected chi connectivity index (χ0v) is 62.3. The molecular formula is C86H104N9O10+. The Hall–Kier alpha value is -9.29. The topological polar surface area (TPSA) is 217 Å². The molecule has 1 saturated heterocycles. The van der Waals surface area contributed by atoms with Gasteiger partial charge in [0.1, 0.15) is 17.5 Å². The minimum Gasteiger partial charge on any atom is -0.506 e. The minimum atomic E-state index is -0.265. The number of aromatic hydroxyl groups is 1. The number of carbonyl (C=O) groups excluding carboxylic acids is 5. The summed E-state index contributed by atoms with van der Waals surface area (Å²) in [5.41, 5.74) is 18.6. The van der Waals surface area contributed by atoms with Crippen molar-refractivity contribution in [2.75, 3.05) is 122 Å². The van der Waals surface area contributed by atoms with Crippen LogP contribution in [0.5, 0.6) is 5.75 Å². The fourth-order valence-corrected chi connectivity index (χ4v) is 16.7. The third kappa shape index (κ3) is 17.8. The number of carbonyl (C=O) groups is 5. The Morgan fingerprint density at radius 1 is 0.752 bits per heavy atom. The molecule has 5 aromatic rings. The Morgan fingerprint density at radius 2 is 1.47 bits per heavy atom. The number of azo groups is 1. The number of fused-ring (bicyclic) bond motifs is 6. The number of nitrogens with zero attached hydrogens (tertiary/aromatic N) is 5. The molecule has 0 radical (unpaired) electrons. The molecule has 4 unspecified atom stereocenters. The second-order valence-corrected chi connectivity index (χ2v) is 29.8. The molecule has 552 valence electrons. The lowest BCUT2D eigenvalue weighted by Gasteiger charge is -2.51. The van der Waals surface area contributed by atoms with E-state index in [0.717, 1.165) is 86.1 Å². The Morgan fingerprint density at radius 3 is 2.24 bits per heavy atom. The molecule has 19 heteroatoms. The molecule has 0 bridgehead atoms. The van der Waals surface area contributed by atoms with Crippen LogP contribution in [-0.4, -0.2) is 163 Å². The van der Waals surface area contributed by atoms with E-state index in [4.69, 9.17) is 18.9 Å². The standard InChI is InChI=1S/C86H103N9O10/c1-8-95-75-55-72-70(54-69(75)58(2)56-85(95,3)4)80(71-53-63-21-15-42-93-43-16-24-68(82(63)93)81(71)86(72,5)6)66-22-12-13-23-67(66)84(101)92(7)41-17-26-77(97)87-38-35-59-27-34-73(76(96)52-59)91-90-65-32-30-62(31-33-65)83(100)89-40-45-103-47-49-105-51-50-104-48-46-102-44-37-78(98)88-39-36-79(99)94-57-64-20-10-9-18-60(64)28-29-61-19-11-14-25-74(61)94/h9-14,18-19,22-23,25,27,30-34,52-55,58,64,75,96H,8,15-17,20-21,24,26,35-51,56-57H2,1-7H3,(H,87,97)(H,88,98)(H,89,100)/p+1. The van der Waals surface area contributed by atoms with Crippen molar-refractivity contribution in [2.45, 2.75) is 129 Å². The van der Waals surface area contributed by atoms with Crippen molar-refractivity contribution in [2.24, 2.45) is 22.1 Å². The number of anilines is 2. The number of hydrogen-bond donors (Lipinski definition) is 5. The van der Waals surface area contributed by atoms with E-state index in [1.807, 2.05) is 61.7 Å².